The fourth-order valence-corrected chi connectivity index (χ4v) is 6.52. The van der Waals surface area contributed by atoms with E-state index < -0.39 is 11.9 Å². The number of hydrogen-bond donors (Lipinski definition) is 0. The van der Waals surface area contributed by atoms with Gasteiger partial charge in [0.05, 0.1) is 11.8 Å². The van der Waals surface area contributed by atoms with Crippen LogP contribution < -0.4 is 0 Å². The van der Waals surface area contributed by atoms with Crippen LogP contribution in [0.5, 0.6) is 0 Å². The lowest BCUT2D eigenvalue weighted by molar-refractivity contribution is -0.164. The molecule has 0 spiro atoms. The first-order valence-electron chi connectivity index (χ1n) is 10.1. The van der Waals surface area contributed by atoms with Gasteiger partial charge in [-0.2, -0.15) is 0 Å². The maximum absolute atomic E-state index is 12.8. The summed E-state index contributed by atoms with van der Waals surface area (Å²) in [6.45, 7) is 10.8. The van der Waals surface area contributed by atoms with Gasteiger partial charge in [-0.05, 0) is 56.3 Å². The van der Waals surface area contributed by atoms with Crippen LogP contribution in [0.25, 0.3) is 0 Å². The molecule has 5 heteroatoms. The summed E-state index contributed by atoms with van der Waals surface area (Å²) >= 11 is 0. The predicted octanol–water partition coefficient (Wildman–Crippen LogP) is 4.27. The fourth-order valence-electron chi connectivity index (χ4n) is 6.52. The molecule has 2 heterocycles. The van der Waals surface area contributed by atoms with Crippen molar-refractivity contribution < 1.29 is 23.8 Å². The maximum atomic E-state index is 12.8. The van der Waals surface area contributed by atoms with E-state index in [9.17, 15) is 9.59 Å². The lowest BCUT2D eigenvalue weighted by Gasteiger charge is -2.59. The Balaban J connectivity index is 1.67. The van der Waals surface area contributed by atoms with Crippen molar-refractivity contribution in [3.05, 3.63) is 23.5 Å². The number of ether oxygens (including phenoxy) is 3. The number of hydrogen-bond acceptors (Lipinski definition) is 5. The summed E-state index contributed by atoms with van der Waals surface area (Å²) in [5.74, 6) is -0.132. The zero-order valence-electron chi connectivity index (χ0n) is 17.0. The van der Waals surface area contributed by atoms with Crippen molar-refractivity contribution >= 4 is 11.9 Å². The van der Waals surface area contributed by atoms with E-state index in [0.717, 1.165) is 25.7 Å². The van der Waals surface area contributed by atoms with Crippen LogP contribution in [0.4, 0.5) is 0 Å². The van der Waals surface area contributed by atoms with E-state index in [2.05, 4.69) is 27.7 Å². The molecule has 0 amide bonds. The Morgan fingerprint density at radius 3 is 2.52 bits per heavy atom. The van der Waals surface area contributed by atoms with Crippen LogP contribution in [-0.2, 0) is 23.8 Å². The average molecular weight is 374 g/mol. The topological polar surface area (TPSA) is 61.8 Å². The van der Waals surface area contributed by atoms with E-state index in [1.54, 1.807) is 13.0 Å². The summed E-state index contributed by atoms with van der Waals surface area (Å²) in [6.07, 6.45) is 7.81. The van der Waals surface area contributed by atoms with Gasteiger partial charge in [0.1, 0.15) is 5.60 Å². The number of rotatable bonds is 2. The Bertz CT molecular complexity index is 748. The summed E-state index contributed by atoms with van der Waals surface area (Å²) in [5, 5.41) is 0. The SMILES string of the molecule is CC1=C[C@@H](O/C=C2\C(=O)O[C@]3(C)CCC4C(C)(C)CCC[C@]4(C)[C@@H]23)OC1=O. The van der Waals surface area contributed by atoms with Gasteiger partial charge in [0.15, 0.2) is 0 Å². The highest BCUT2D eigenvalue weighted by molar-refractivity contribution is 5.92. The first-order valence-corrected chi connectivity index (χ1v) is 10.1. The van der Waals surface area contributed by atoms with Gasteiger partial charge < -0.3 is 14.2 Å². The molecule has 0 bridgehead atoms. The van der Waals surface area contributed by atoms with Crippen LogP contribution in [-0.4, -0.2) is 23.8 Å². The van der Waals surface area contributed by atoms with E-state index in [4.69, 9.17) is 14.2 Å². The Hall–Kier alpha value is -1.78. The summed E-state index contributed by atoms with van der Waals surface area (Å²) in [6, 6.07) is 0. The molecule has 0 aromatic carbocycles. The van der Waals surface area contributed by atoms with Gasteiger partial charge in [0.2, 0.25) is 0 Å². The third kappa shape index (κ3) is 2.73. The predicted molar refractivity (Wildman–Crippen MR) is 99.3 cm³/mol. The lowest BCUT2D eigenvalue weighted by Crippen LogP contribution is -2.56. The average Bonchev–Trinajstić information content (AvgIpc) is 3.00. The molecule has 27 heavy (non-hydrogen) atoms. The Kier molecular flexibility index (Phi) is 4.03. The Morgan fingerprint density at radius 2 is 1.85 bits per heavy atom. The van der Waals surface area contributed by atoms with Gasteiger partial charge in [0.25, 0.3) is 6.29 Å². The van der Waals surface area contributed by atoms with Gasteiger partial charge in [-0.1, -0.05) is 27.2 Å². The molecule has 2 aliphatic carbocycles. The van der Waals surface area contributed by atoms with E-state index >= 15 is 0 Å². The molecule has 5 atom stereocenters. The summed E-state index contributed by atoms with van der Waals surface area (Å²) in [5.41, 5.74) is 0.886. The second-order valence-electron chi connectivity index (χ2n) is 9.91. The molecular formula is C22H30O5. The third-order valence-electron chi connectivity index (χ3n) is 7.61. The van der Waals surface area contributed by atoms with Crippen molar-refractivity contribution in [1.29, 1.82) is 0 Å². The number of cyclic esters (lactones) is 1. The molecule has 2 saturated carbocycles. The van der Waals surface area contributed by atoms with E-state index in [-0.39, 0.29) is 28.7 Å². The van der Waals surface area contributed by atoms with Crippen LogP contribution in [0.15, 0.2) is 23.5 Å². The first kappa shape index (κ1) is 18.6. The molecule has 4 aliphatic rings. The molecule has 0 aromatic rings. The summed E-state index contributed by atoms with van der Waals surface area (Å²) < 4.78 is 16.7. The standard InChI is InChI=1S/C22H30O5/c1-13-11-16(26-18(13)23)25-12-14-17-21(4)9-6-8-20(2,3)15(21)7-10-22(17,5)27-19(14)24/h11-12,15-17H,6-10H2,1-5H3/b14-12-/t15?,16-,17+,21-,22+/m0/s1. The monoisotopic (exact) mass is 374 g/mol. The quantitative estimate of drug-likeness (QED) is 0.410. The van der Waals surface area contributed by atoms with Crippen molar-refractivity contribution in [3.8, 4) is 0 Å². The molecular weight excluding hydrogens is 344 g/mol. The number of carbonyl (C=O) groups is 2. The van der Waals surface area contributed by atoms with Crippen LogP contribution in [0.1, 0.15) is 66.7 Å². The summed E-state index contributed by atoms with van der Waals surface area (Å²) in [4.78, 5) is 24.3. The molecule has 1 unspecified atom stereocenters. The first-order chi connectivity index (χ1) is 12.6. The highest BCUT2D eigenvalue weighted by atomic mass is 16.7. The van der Waals surface area contributed by atoms with E-state index in [1.165, 1.54) is 12.7 Å². The van der Waals surface area contributed by atoms with Gasteiger partial charge in [0, 0.05) is 17.6 Å². The van der Waals surface area contributed by atoms with Gasteiger partial charge >= 0.3 is 11.9 Å². The zero-order valence-corrected chi connectivity index (χ0v) is 17.0. The van der Waals surface area contributed by atoms with E-state index in [0.29, 0.717) is 17.1 Å². The normalized spacial score (nSPS) is 44.3. The van der Waals surface area contributed by atoms with Gasteiger partial charge in [-0.3, -0.25) is 0 Å². The number of esters is 2. The third-order valence-corrected chi connectivity index (χ3v) is 7.61. The minimum Gasteiger partial charge on any atom is -0.458 e. The Morgan fingerprint density at radius 1 is 1.11 bits per heavy atom. The van der Waals surface area contributed by atoms with E-state index in [1.807, 2.05) is 0 Å². The molecule has 0 N–H and O–H groups in total. The molecule has 0 aromatic heterocycles. The van der Waals surface area contributed by atoms with Crippen molar-refractivity contribution in [2.45, 2.75) is 78.6 Å². The minimum atomic E-state index is -0.764. The van der Waals surface area contributed by atoms with Crippen LogP contribution >= 0.6 is 0 Å². The molecule has 148 valence electrons. The molecule has 1 saturated heterocycles. The number of fused-ring (bicyclic) bond motifs is 3. The van der Waals surface area contributed by atoms with Crippen molar-refractivity contribution in [2.75, 3.05) is 0 Å². The van der Waals surface area contributed by atoms with Crippen LogP contribution in [0.2, 0.25) is 0 Å². The maximum Gasteiger partial charge on any atom is 0.338 e. The second-order valence-corrected chi connectivity index (χ2v) is 9.91. The highest BCUT2D eigenvalue weighted by Crippen LogP contribution is 2.66. The largest absolute Gasteiger partial charge is 0.458 e. The number of carbonyl (C=O) groups excluding carboxylic acids is 2. The van der Waals surface area contributed by atoms with Crippen molar-refractivity contribution in [3.63, 3.8) is 0 Å². The van der Waals surface area contributed by atoms with Crippen LogP contribution in [0, 0.1) is 22.7 Å². The molecule has 4 rings (SSSR count). The molecule has 5 nitrogen and oxygen atoms in total. The van der Waals surface area contributed by atoms with Crippen molar-refractivity contribution in [2.24, 2.45) is 22.7 Å². The van der Waals surface area contributed by atoms with Gasteiger partial charge in [-0.25, -0.2) is 9.59 Å². The highest BCUT2D eigenvalue weighted by Gasteiger charge is 2.65. The van der Waals surface area contributed by atoms with Crippen LogP contribution in [0.3, 0.4) is 0 Å². The second kappa shape index (κ2) is 5.86. The molecule has 3 fully saturated rings. The summed E-state index contributed by atoms with van der Waals surface area (Å²) in [7, 11) is 0. The molecule has 2 aliphatic heterocycles. The lowest BCUT2D eigenvalue weighted by atomic mass is 9.45. The molecule has 0 radical (unpaired) electrons. The smallest absolute Gasteiger partial charge is 0.338 e. The minimum absolute atomic E-state index is 0.00185. The van der Waals surface area contributed by atoms with Gasteiger partial charge in [-0.15, -0.1) is 0 Å². The Labute approximate surface area is 161 Å². The van der Waals surface area contributed by atoms with Crippen molar-refractivity contribution in [1.82, 2.24) is 0 Å². The zero-order chi connectivity index (χ0) is 19.6. The fraction of sp³-hybridized carbons (Fsp3) is 0.727.